The highest BCUT2D eigenvalue weighted by molar-refractivity contribution is 5.32. The SMILES string of the molecule is C=CC(C)CCC1(C)CC=CC(N2CCCC2)C1(C#N)C#N. The van der Waals surface area contributed by atoms with Gasteiger partial charge in [0.25, 0.3) is 0 Å². The van der Waals surface area contributed by atoms with Crippen molar-refractivity contribution in [3.8, 4) is 12.1 Å². The van der Waals surface area contributed by atoms with Crippen LogP contribution in [0.5, 0.6) is 0 Å². The molecule has 3 atom stereocenters. The molecule has 0 bridgehead atoms. The fourth-order valence-corrected chi connectivity index (χ4v) is 3.93. The van der Waals surface area contributed by atoms with Crippen LogP contribution in [0.25, 0.3) is 0 Å². The zero-order chi connectivity index (χ0) is 16.2. The summed E-state index contributed by atoms with van der Waals surface area (Å²) in [7, 11) is 0. The molecule has 0 spiro atoms. The Morgan fingerprint density at radius 2 is 2.00 bits per heavy atom. The Morgan fingerprint density at radius 3 is 2.55 bits per heavy atom. The minimum Gasteiger partial charge on any atom is -0.294 e. The zero-order valence-corrected chi connectivity index (χ0v) is 13.9. The minimum absolute atomic E-state index is 0.0669. The molecule has 3 heteroatoms. The van der Waals surface area contributed by atoms with Crippen LogP contribution < -0.4 is 0 Å². The molecular weight excluding hydrogens is 270 g/mol. The van der Waals surface area contributed by atoms with Crippen molar-refractivity contribution in [1.82, 2.24) is 4.90 Å². The van der Waals surface area contributed by atoms with E-state index in [4.69, 9.17) is 0 Å². The third-order valence-corrected chi connectivity index (χ3v) is 5.72. The molecule has 0 amide bonds. The van der Waals surface area contributed by atoms with Gasteiger partial charge < -0.3 is 0 Å². The van der Waals surface area contributed by atoms with Gasteiger partial charge in [0.05, 0.1) is 18.2 Å². The average Bonchev–Trinajstić information content (AvgIpc) is 3.06. The summed E-state index contributed by atoms with van der Waals surface area (Å²) in [5.41, 5.74) is -1.25. The number of rotatable bonds is 5. The van der Waals surface area contributed by atoms with Crippen molar-refractivity contribution in [2.24, 2.45) is 16.7 Å². The fraction of sp³-hybridized carbons (Fsp3) is 0.684. The summed E-state index contributed by atoms with van der Waals surface area (Å²) in [6.07, 6.45) is 11.3. The molecular formula is C19H27N3. The van der Waals surface area contributed by atoms with Crippen molar-refractivity contribution in [3.63, 3.8) is 0 Å². The van der Waals surface area contributed by atoms with Gasteiger partial charge in [-0.2, -0.15) is 10.5 Å². The van der Waals surface area contributed by atoms with Crippen LogP contribution in [-0.2, 0) is 0 Å². The fourth-order valence-electron chi connectivity index (χ4n) is 3.93. The Kier molecular flexibility index (Phi) is 5.09. The number of hydrogen-bond donors (Lipinski definition) is 0. The van der Waals surface area contributed by atoms with Crippen LogP contribution in [0, 0.1) is 39.4 Å². The van der Waals surface area contributed by atoms with E-state index in [0.717, 1.165) is 32.4 Å². The van der Waals surface area contributed by atoms with E-state index in [1.165, 1.54) is 12.8 Å². The molecule has 1 aliphatic carbocycles. The summed E-state index contributed by atoms with van der Waals surface area (Å²) in [6, 6.07) is 4.83. The summed E-state index contributed by atoms with van der Waals surface area (Å²) in [5, 5.41) is 20.0. The van der Waals surface area contributed by atoms with E-state index < -0.39 is 5.41 Å². The summed E-state index contributed by atoms with van der Waals surface area (Å²) in [5.74, 6) is 0.419. The molecule has 3 nitrogen and oxygen atoms in total. The Balaban J connectivity index is 2.33. The molecule has 0 N–H and O–H groups in total. The highest BCUT2D eigenvalue weighted by Gasteiger charge is 2.56. The largest absolute Gasteiger partial charge is 0.294 e. The van der Waals surface area contributed by atoms with Crippen LogP contribution in [0.2, 0.25) is 0 Å². The molecule has 0 radical (unpaired) electrons. The summed E-state index contributed by atoms with van der Waals surface area (Å²) in [6.45, 7) is 10.1. The first-order valence-electron chi connectivity index (χ1n) is 8.39. The van der Waals surface area contributed by atoms with Crippen LogP contribution in [0.15, 0.2) is 24.8 Å². The maximum Gasteiger partial charge on any atom is 0.168 e. The van der Waals surface area contributed by atoms with Gasteiger partial charge in [-0.1, -0.05) is 32.1 Å². The van der Waals surface area contributed by atoms with Crippen molar-refractivity contribution < 1.29 is 0 Å². The van der Waals surface area contributed by atoms with Gasteiger partial charge >= 0.3 is 0 Å². The highest BCUT2D eigenvalue weighted by atomic mass is 15.2. The molecule has 1 heterocycles. The van der Waals surface area contributed by atoms with Crippen LogP contribution in [-0.4, -0.2) is 24.0 Å². The number of allylic oxidation sites excluding steroid dienone is 2. The third kappa shape index (κ3) is 2.71. The van der Waals surface area contributed by atoms with Gasteiger partial charge in [-0.05, 0) is 51.1 Å². The Bertz CT molecular complexity index is 502. The van der Waals surface area contributed by atoms with E-state index in [1.807, 2.05) is 6.08 Å². The Hall–Kier alpha value is -1.58. The van der Waals surface area contributed by atoms with Crippen molar-refractivity contribution in [1.29, 1.82) is 10.5 Å². The third-order valence-electron chi connectivity index (χ3n) is 5.72. The standard InChI is InChI=1S/C19H27N3/c1-4-16(2)9-11-18(3)10-7-8-17(19(18,14-20)15-21)22-12-5-6-13-22/h4,7-8,16-17H,1,5-6,9-13H2,2-3H3. The van der Waals surface area contributed by atoms with E-state index in [-0.39, 0.29) is 11.5 Å². The first-order chi connectivity index (χ1) is 10.5. The monoisotopic (exact) mass is 297 g/mol. The van der Waals surface area contributed by atoms with Crippen LogP contribution >= 0.6 is 0 Å². The van der Waals surface area contributed by atoms with Gasteiger partial charge in [-0.25, -0.2) is 0 Å². The van der Waals surface area contributed by atoms with Gasteiger partial charge in [0.2, 0.25) is 0 Å². The number of hydrogen-bond acceptors (Lipinski definition) is 3. The maximum absolute atomic E-state index is 9.98. The second-order valence-corrected chi connectivity index (χ2v) is 7.16. The number of likely N-dealkylation sites (tertiary alicyclic amines) is 1. The van der Waals surface area contributed by atoms with Crippen LogP contribution in [0.1, 0.15) is 46.0 Å². The van der Waals surface area contributed by atoms with Gasteiger partial charge in [0.15, 0.2) is 5.41 Å². The Morgan fingerprint density at radius 1 is 1.36 bits per heavy atom. The lowest BCUT2D eigenvalue weighted by Gasteiger charge is -2.48. The maximum atomic E-state index is 9.98. The van der Waals surface area contributed by atoms with Crippen molar-refractivity contribution in [2.45, 2.75) is 52.0 Å². The van der Waals surface area contributed by atoms with E-state index in [1.54, 1.807) is 0 Å². The molecule has 1 aliphatic heterocycles. The van der Waals surface area contributed by atoms with Crippen molar-refractivity contribution >= 4 is 0 Å². The van der Waals surface area contributed by atoms with Crippen molar-refractivity contribution in [3.05, 3.63) is 24.8 Å². The summed E-state index contributed by atoms with van der Waals surface area (Å²) in [4.78, 5) is 2.33. The molecule has 0 aromatic carbocycles. The zero-order valence-electron chi connectivity index (χ0n) is 13.9. The van der Waals surface area contributed by atoms with E-state index in [9.17, 15) is 10.5 Å². The van der Waals surface area contributed by atoms with E-state index >= 15 is 0 Å². The van der Waals surface area contributed by atoms with Gasteiger partial charge in [0.1, 0.15) is 0 Å². The molecule has 118 valence electrons. The van der Waals surface area contributed by atoms with Crippen LogP contribution in [0.4, 0.5) is 0 Å². The van der Waals surface area contributed by atoms with Crippen LogP contribution in [0.3, 0.4) is 0 Å². The summed E-state index contributed by atoms with van der Waals surface area (Å²) >= 11 is 0. The molecule has 1 fully saturated rings. The van der Waals surface area contributed by atoms with E-state index in [0.29, 0.717) is 5.92 Å². The normalized spacial score (nSPS) is 32.1. The minimum atomic E-state index is -0.951. The predicted molar refractivity (Wildman–Crippen MR) is 88.7 cm³/mol. The molecule has 2 rings (SSSR count). The lowest BCUT2D eigenvalue weighted by atomic mass is 9.55. The quantitative estimate of drug-likeness (QED) is 0.719. The van der Waals surface area contributed by atoms with Gasteiger partial charge in [-0.3, -0.25) is 4.90 Å². The number of nitrogens with zero attached hydrogens (tertiary/aromatic N) is 3. The lowest BCUT2D eigenvalue weighted by Crippen LogP contribution is -2.54. The molecule has 3 unspecified atom stereocenters. The first kappa shape index (κ1) is 16.8. The van der Waals surface area contributed by atoms with Gasteiger partial charge in [-0.15, -0.1) is 6.58 Å². The van der Waals surface area contributed by atoms with E-state index in [2.05, 4.69) is 49.6 Å². The van der Waals surface area contributed by atoms with Gasteiger partial charge in [0, 0.05) is 5.41 Å². The molecule has 0 aromatic rings. The second kappa shape index (κ2) is 6.67. The lowest BCUT2D eigenvalue weighted by molar-refractivity contribution is 0.0576. The van der Waals surface area contributed by atoms with Crippen molar-refractivity contribution in [2.75, 3.05) is 13.1 Å². The average molecular weight is 297 g/mol. The summed E-state index contributed by atoms with van der Waals surface area (Å²) < 4.78 is 0. The number of nitriles is 2. The molecule has 0 aromatic heterocycles. The molecule has 22 heavy (non-hydrogen) atoms. The molecule has 2 aliphatic rings. The Labute approximate surface area is 134 Å². The second-order valence-electron chi connectivity index (χ2n) is 7.16. The topological polar surface area (TPSA) is 50.8 Å². The molecule has 0 saturated carbocycles. The first-order valence-corrected chi connectivity index (χ1v) is 8.39. The highest BCUT2D eigenvalue weighted by Crippen LogP contribution is 2.52. The smallest absolute Gasteiger partial charge is 0.168 e. The molecule has 1 saturated heterocycles. The predicted octanol–water partition coefficient (Wildman–Crippen LogP) is 4.05.